The summed E-state index contributed by atoms with van der Waals surface area (Å²) in [5.41, 5.74) is 8.77. The van der Waals surface area contributed by atoms with E-state index in [-0.39, 0.29) is 5.78 Å². The molecule has 0 aliphatic heterocycles. The van der Waals surface area contributed by atoms with E-state index in [0.29, 0.717) is 11.3 Å². The summed E-state index contributed by atoms with van der Waals surface area (Å²) in [6, 6.07) is 13.3. The summed E-state index contributed by atoms with van der Waals surface area (Å²) >= 11 is 1.48. The van der Waals surface area contributed by atoms with E-state index in [0.717, 1.165) is 21.1 Å². The van der Waals surface area contributed by atoms with Crippen molar-refractivity contribution in [1.29, 1.82) is 0 Å². The monoisotopic (exact) mass is 283 g/mol. The third-order valence-corrected chi connectivity index (χ3v) is 3.86. The predicted molar refractivity (Wildman–Crippen MR) is 81.1 cm³/mol. The van der Waals surface area contributed by atoms with Crippen molar-refractivity contribution in [2.24, 2.45) is 0 Å². The molecule has 20 heavy (non-hydrogen) atoms. The Labute approximate surface area is 120 Å². The molecule has 0 saturated heterocycles. The van der Waals surface area contributed by atoms with Gasteiger partial charge in [-0.25, -0.2) is 4.98 Å². The average Bonchev–Trinajstić information content (AvgIpc) is 2.82. The Bertz CT molecular complexity index is 762. The van der Waals surface area contributed by atoms with Crippen molar-refractivity contribution in [1.82, 2.24) is 9.97 Å². The molecule has 0 unspecified atom stereocenters. The number of nitrogens with one attached hydrogen (secondary N) is 1. The fourth-order valence-corrected chi connectivity index (χ4v) is 2.83. The second kappa shape index (κ2) is 5.02. The predicted octanol–water partition coefficient (Wildman–Crippen LogP) is 3.50. The number of nitrogens with zero attached hydrogens (tertiary/aromatic N) is 1. The second-order valence-electron chi connectivity index (χ2n) is 4.47. The van der Waals surface area contributed by atoms with Crippen LogP contribution in [-0.4, -0.2) is 15.8 Å². The lowest BCUT2D eigenvalue weighted by Crippen LogP contribution is -1.99. The van der Waals surface area contributed by atoms with Crippen LogP contribution in [0.15, 0.2) is 52.5 Å². The van der Waals surface area contributed by atoms with Crippen molar-refractivity contribution in [2.45, 2.75) is 17.0 Å². The highest BCUT2D eigenvalue weighted by Gasteiger charge is 2.09. The number of carbonyl (C=O) groups is 1. The van der Waals surface area contributed by atoms with Gasteiger partial charge in [0.25, 0.3) is 0 Å². The van der Waals surface area contributed by atoms with Gasteiger partial charge in [-0.3, -0.25) is 4.79 Å². The number of nitrogens with two attached hydrogens (primary N) is 1. The van der Waals surface area contributed by atoms with Crippen LogP contribution in [0.25, 0.3) is 11.0 Å². The molecule has 0 fully saturated rings. The van der Waals surface area contributed by atoms with Crippen molar-refractivity contribution >= 4 is 34.3 Å². The molecule has 3 rings (SSSR count). The Hall–Kier alpha value is -2.27. The molecule has 3 N–H and O–H groups in total. The lowest BCUT2D eigenvalue weighted by Gasteiger charge is -2.04. The lowest BCUT2D eigenvalue weighted by molar-refractivity contribution is 0.101. The lowest BCUT2D eigenvalue weighted by atomic mass is 10.1. The van der Waals surface area contributed by atoms with Gasteiger partial charge in [0.05, 0.1) is 11.0 Å². The van der Waals surface area contributed by atoms with Gasteiger partial charge in [0, 0.05) is 16.1 Å². The van der Waals surface area contributed by atoms with E-state index in [4.69, 9.17) is 5.73 Å². The second-order valence-corrected chi connectivity index (χ2v) is 5.53. The molecular formula is C15H13N3OS. The number of benzene rings is 2. The third kappa shape index (κ3) is 2.40. The van der Waals surface area contributed by atoms with Crippen LogP contribution in [0.5, 0.6) is 0 Å². The Balaban J connectivity index is 1.94. The molecule has 0 atom stereocenters. The zero-order valence-corrected chi connectivity index (χ0v) is 11.7. The van der Waals surface area contributed by atoms with Gasteiger partial charge in [0.15, 0.2) is 10.9 Å². The summed E-state index contributed by atoms with van der Waals surface area (Å²) in [4.78, 5) is 20.2. The number of imidazole rings is 1. The number of aromatic amines is 1. The number of nitrogen functional groups attached to an aromatic ring is 1. The number of ketones is 1. The minimum absolute atomic E-state index is 0.0328. The zero-order chi connectivity index (χ0) is 14.1. The van der Waals surface area contributed by atoms with Crippen LogP contribution >= 0.6 is 11.8 Å². The van der Waals surface area contributed by atoms with Crippen molar-refractivity contribution in [3.63, 3.8) is 0 Å². The largest absolute Gasteiger partial charge is 0.398 e. The van der Waals surface area contributed by atoms with Crippen LogP contribution in [0.3, 0.4) is 0 Å². The fourth-order valence-electron chi connectivity index (χ4n) is 1.99. The normalized spacial score (nSPS) is 10.8. The first-order valence-electron chi connectivity index (χ1n) is 6.16. The van der Waals surface area contributed by atoms with E-state index in [1.54, 1.807) is 12.1 Å². The maximum Gasteiger partial charge on any atom is 0.171 e. The van der Waals surface area contributed by atoms with Crippen molar-refractivity contribution in [3.05, 3.63) is 48.0 Å². The number of hydrogen-bond donors (Lipinski definition) is 2. The standard InChI is InChI=1S/C15H13N3OS/c1-9(19)11-8-10(6-7-12(11)16)20-15-17-13-4-2-3-5-14(13)18-15/h2-8H,16H2,1H3,(H,17,18). The Morgan fingerprint density at radius 2 is 2.05 bits per heavy atom. The maximum absolute atomic E-state index is 11.5. The first-order chi connectivity index (χ1) is 9.63. The highest BCUT2D eigenvalue weighted by Crippen LogP contribution is 2.29. The molecule has 2 aromatic carbocycles. The first-order valence-corrected chi connectivity index (χ1v) is 6.98. The number of hydrogen-bond acceptors (Lipinski definition) is 4. The van der Waals surface area contributed by atoms with Gasteiger partial charge in [-0.15, -0.1) is 0 Å². The number of para-hydroxylation sites is 2. The molecule has 4 nitrogen and oxygen atoms in total. The fraction of sp³-hybridized carbons (Fsp3) is 0.0667. The van der Waals surface area contributed by atoms with Gasteiger partial charge in [-0.1, -0.05) is 23.9 Å². The van der Waals surface area contributed by atoms with Gasteiger partial charge in [0.2, 0.25) is 0 Å². The number of anilines is 1. The molecular weight excluding hydrogens is 270 g/mol. The SMILES string of the molecule is CC(=O)c1cc(Sc2nc3ccccc3[nH]2)ccc1N. The van der Waals surface area contributed by atoms with Gasteiger partial charge < -0.3 is 10.7 Å². The van der Waals surface area contributed by atoms with E-state index < -0.39 is 0 Å². The van der Waals surface area contributed by atoms with Crippen molar-refractivity contribution in [3.8, 4) is 0 Å². The summed E-state index contributed by atoms with van der Waals surface area (Å²) in [6.07, 6.45) is 0. The molecule has 0 aliphatic carbocycles. The van der Waals surface area contributed by atoms with E-state index in [1.165, 1.54) is 18.7 Å². The van der Waals surface area contributed by atoms with Gasteiger partial charge >= 0.3 is 0 Å². The quantitative estimate of drug-likeness (QED) is 0.570. The number of fused-ring (bicyclic) bond motifs is 1. The van der Waals surface area contributed by atoms with Crippen LogP contribution in [0.4, 0.5) is 5.69 Å². The first kappa shape index (κ1) is 12.7. The Morgan fingerprint density at radius 1 is 1.25 bits per heavy atom. The van der Waals surface area contributed by atoms with Crippen LogP contribution in [0, 0.1) is 0 Å². The third-order valence-electron chi connectivity index (χ3n) is 2.99. The molecule has 1 heterocycles. The molecule has 0 saturated carbocycles. The number of aromatic nitrogens is 2. The van der Waals surface area contributed by atoms with Crippen molar-refractivity contribution < 1.29 is 4.79 Å². The van der Waals surface area contributed by atoms with Crippen LogP contribution in [0.1, 0.15) is 17.3 Å². The Morgan fingerprint density at radius 3 is 2.80 bits per heavy atom. The molecule has 0 bridgehead atoms. The molecule has 0 amide bonds. The van der Waals surface area contributed by atoms with E-state index in [9.17, 15) is 4.79 Å². The molecule has 0 spiro atoms. The van der Waals surface area contributed by atoms with Crippen molar-refractivity contribution in [2.75, 3.05) is 5.73 Å². The zero-order valence-electron chi connectivity index (χ0n) is 10.9. The molecule has 100 valence electrons. The van der Waals surface area contributed by atoms with E-state index in [2.05, 4.69) is 9.97 Å². The summed E-state index contributed by atoms with van der Waals surface area (Å²) in [5.74, 6) is -0.0328. The minimum Gasteiger partial charge on any atom is -0.398 e. The molecule has 0 aliphatic rings. The van der Waals surface area contributed by atoms with E-state index in [1.807, 2.05) is 30.3 Å². The summed E-state index contributed by atoms with van der Waals surface area (Å²) in [6.45, 7) is 1.52. The number of Topliss-reactive ketones (excluding diaryl/α,β-unsaturated/α-hetero) is 1. The van der Waals surface area contributed by atoms with Gasteiger partial charge in [0.1, 0.15) is 0 Å². The molecule has 0 radical (unpaired) electrons. The summed E-state index contributed by atoms with van der Waals surface area (Å²) in [5, 5.41) is 0.797. The topological polar surface area (TPSA) is 71.8 Å². The van der Waals surface area contributed by atoms with Crippen LogP contribution in [-0.2, 0) is 0 Å². The molecule has 3 aromatic rings. The number of rotatable bonds is 3. The average molecular weight is 283 g/mol. The van der Waals surface area contributed by atoms with Crippen LogP contribution < -0.4 is 5.73 Å². The smallest absolute Gasteiger partial charge is 0.171 e. The van der Waals surface area contributed by atoms with Crippen LogP contribution in [0.2, 0.25) is 0 Å². The number of carbonyl (C=O) groups excluding carboxylic acids is 1. The highest BCUT2D eigenvalue weighted by atomic mass is 32.2. The van der Waals surface area contributed by atoms with E-state index >= 15 is 0 Å². The highest BCUT2D eigenvalue weighted by molar-refractivity contribution is 7.99. The maximum atomic E-state index is 11.5. The number of H-pyrrole nitrogens is 1. The summed E-state index contributed by atoms with van der Waals surface area (Å²) in [7, 11) is 0. The minimum atomic E-state index is -0.0328. The summed E-state index contributed by atoms with van der Waals surface area (Å²) < 4.78 is 0. The Kier molecular flexibility index (Phi) is 3.20. The van der Waals surface area contributed by atoms with Gasteiger partial charge in [-0.2, -0.15) is 0 Å². The van der Waals surface area contributed by atoms with Gasteiger partial charge in [-0.05, 0) is 37.3 Å². The molecule has 1 aromatic heterocycles. The molecule has 5 heteroatoms.